The van der Waals surface area contributed by atoms with Gasteiger partial charge in [0.25, 0.3) is 0 Å². The number of allylic oxidation sites excluding steroid dienone is 1. The summed E-state index contributed by atoms with van der Waals surface area (Å²) in [6, 6.07) is 13.5. The number of carbonyl (C=O) groups is 4. The third kappa shape index (κ3) is 6.88. The van der Waals surface area contributed by atoms with Crippen LogP contribution in [0.15, 0.2) is 72.2 Å². The van der Waals surface area contributed by atoms with Gasteiger partial charge in [0.2, 0.25) is 5.91 Å². The van der Waals surface area contributed by atoms with E-state index in [0.29, 0.717) is 31.2 Å². The molecule has 11 atom stereocenters. The van der Waals surface area contributed by atoms with E-state index in [1.54, 1.807) is 6.20 Å². The van der Waals surface area contributed by atoms with E-state index in [9.17, 15) is 14.4 Å². The number of rotatable bonds is 9. The number of aromatic nitrogens is 3. The second-order valence-electron chi connectivity index (χ2n) is 24.4. The predicted octanol–water partition coefficient (Wildman–Crippen LogP) is 11.4. The first-order chi connectivity index (χ1) is 31.8. The van der Waals surface area contributed by atoms with Gasteiger partial charge in [-0.15, -0.1) is 0 Å². The Hall–Kier alpha value is -4.60. The van der Waals surface area contributed by atoms with Crippen molar-refractivity contribution in [1.29, 1.82) is 0 Å². The minimum absolute atomic E-state index is 0.00379. The van der Waals surface area contributed by atoms with Crippen molar-refractivity contribution >= 4 is 23.6 Å². The fourth-order valence-corrected chi connectivity index (χ4v) is 16.6. The smallest absolute Gasteiger partial charge is 0.309 e. The van der Waals surface area contributed by atoms with Gasteiger partial charge in [0.15, 0.2) is 5.78 Å². The fraction of sp³-hybridized carbons (Fsp3) is 0.649. The third-order valence-electron chi connectivity index (χ3n) is 20.5. The van der Waals surface area contributed by atoms with Gasteiger partial charge in [0.05, 0.1) is 35.2 Å². The number of fused-ring (bicyclic) bond motifs is 7. The summed E-state index contributed by atoms with van der Waals surface area (Å²) in [5.74, 6) is 1.06. The zero-order valence-corrected chi connectivity index (χ0v) is 41.6. The van der Waals surface area contributed by atoms with Gasteiger partial charge in [0.1, 0.15) is 18.5 Å². The number of pyridine rings is 1. The average Bonchev–Trinajstić information content (AvgIpc) is 4.05. The molecule has 10 heteroatoms. The van der Waals surface area contributed by atoms with Crippen LogP contribution in [0.3, 0.4) is 0 Å². The molecule has 358 valence electrons. The Morgan fingerprint density at radius 3 is 2.28 bits per heavy atom. The molecule has 5 saturated carbocycles. The van der Waals surface area contributed by atoms with E-state index in [-0.39, 0.29) is 94.1 Å². The molecule has 0 bridgehead atoms. The predicted molar refractivity (Wildman–Crippen MR) is 256 cm³/mol. The Morgan fingerprint density at radius 1 is 0.806 bits per heavy atom. The maximum absolute atomic E-state index is 15.6. The lowest BCUT2D eigenvalue weighted by Gasteiger charge is -2.72. The second kappa shape index (κ2) is 16.3. The monoisotopic (exact) mass is 911 g/mol. The van der Waals surface area contributed by atoms with Gasteiger partial charge in [-0.05, 0) is 145 Å². The quantitative estimate of drug-likeness (QED) is 0.210. The van der Waals surface area contributed by atoms with E-state index in [4.69, 9.17) is 14.5 Å². The molecule has 2 aromatic heterocycles. The van der Waals surface area contributed by atoms with Crippen molar-refractivity contribution in [3.05, 3.63) is 83.6 Å². The number of nitrogens with zero attached hydrogens (tertiary/aromatic N) is 3. The number of Topliss-reactive ketones (excluding diaryl/α,β-unsaturated/α-hetero) is 1. The molecule has 1 N–H and O–H groups in total. The van der Waals surface area contributed by atoms with Gasteiger partial charge in [-0.2, -0.15) is 0 Å². The molecule has 3 heterocycles. The number of ether oxygens (including phenoxy) is 2. The van der Waals surface area contributed by atoms with Crippen molar-refractivity contribution < 1.29 is 28.7 Å². The molecule has 0 unspecified atom stereocenters. The maximum Gasteiger partial charge on any atom is 0.309 e. The van der Waals surface area contributed by atoms with Crippen molar-refractivity contribution in [2.24, 2.45) is 68.0 Å². The van der Waals surface area contributed by atoms with Crippen LogP contribution in [0.25, 0.3) is 11.3 Å². The molecular weight excluding hydrogens is 837 g/mol. The molecule has 6 aliphatic carbocycles. The molecule has 10 rings (SSSR count). The van der Waals surface area contributed by atoms with E-state index in [1.165, 1.54) is 5.57 Å². The summed E-state index contributed by atoms with van der Waals surface area (Å²) < 4.78 is 12.3. The van der Waals surface area contributed by atoms with Gasteiger partial charge < -0.3 is 19.4 Å². The number of imidazole rings is 1. The molecule has 7 aliphatic rings. The van der Waals surface area contributed by atoms with Crippen molar-refractivity contribution in [2.75, 3.05) is 6.54 Å². The second-order valence-corrected chi connectivity index (χ2v) is 24.4. The number of aromatic amines is 1. The van der Waals surface area contributed by atoms with Crippen LogP contribution in [0.4, 0.5) is 0 Å². The molecular formula is C57H74N4O6. The van der Waals surface area contributed by atoms with Crippen molar-refractivity contribution in [3.8, 4) is 11.3 Å². The number of H-pyrrole nitrogens is 1. The standard InChI is InChI=1S/C57H74N4O6/c1-34(2)46-42(62)30-57(51(65)61-28-14-18-41(61)48-59-32-40(60-48)36-17-13-27-58-31-36)26-25-55(8)37(47(46)57)19-20-44-54(7)23-22-45(53(5,6)43(54)21-24-56(44,55)9)67-50(64)39-29-38(52(39,3)4)49(63)66-33-35-15-11-10-12-16-35/h10-13,15-17,27,31-32,34,37-39,41,43-45H,14,18-26,28-30,33H2,1-9H3,(H,59,60)/t37-,38+,39-,41+,43+,44-,45+,54+,55-,56-,57-/m1/s1. The Kier molecular flexibility index (Phi) is 11.2. The van der Waals surface area contributed by atoms with Crippen LogP contribution in [0.1, 0.15) is 157 Å². The van der Waals surface area contributed by atoms with Crippen LogP contribution >= 0.6 is 0 Å². The molecule has 0 spiro atoms. The largest absolute Gasteiger partial charge is 0.462 e. The highest BCUT2D eigenvalue weighted by molar-refractivity contribution is 6.07. The Labute approximate surface area is 398 Å². The number of hydrogen-bond donors (Lipinski definition) is 1. The lowest BCUT2D eigenvalue weighted by molar-refractivity contribution is -0.236. The van der Waals surface area contributed by atoms with Gasteiger partial charge in [0, 0.05) is 36.3 Å². The van der Waals surface area contributed by atoms with Crippen molar-refractivity contribution in [2.45, 2.75) is 158 Å². The number of hydrogen-bond acceptors (Lipinski definition) is 8. The molecule has 3 aromatic rings. The third-order valence-corrected chi connectivity index (χ3v) is 20.5. The molecule has 67 heavy (non-hydrogen) atoms. The summed E-state index contributed by atoms with van der Waals surface area (Å²) in [4.78, 5) is 72.2. The normalized spacial score (nSPS) is 37.2. The minimum Gasteiger partial charge on any atom is -0.462 e. The highest BCUT2D eigenvalue weighted by atomic mass is 16.5. The van der Waals surface area contributed by atoms with Crippen LogP contribution in [-0.2, 0) is 35.3 Å². The summed E-state index contributed by atoms with van der Waals surface area (Å²) in [6.45, 7) is 21.6. The van der Waals surface area contributed by atoms with Gasteiger partial charge in [-0.1, -0.05) is 92.6 Å². The number of likely N-dealkylation sites (tertiary alicyclic amines) is 1. The number of benzene rings is 1. The zero-order valence-electron chi connectivity index (χ0n) is 41.6. The topological polar surface area (TPSA) is 132 Å². The molecule has 10 nitrogen and oxygen atoms in total. The number of amides is 1. The number of carbonyl (C=O) groups excluding carboxylic acids is 4. The van der Waals surface area contributed by atoms with Crippen molar-refractivity contribution in [1.82, 2.24) is 19.9 Å². The highest BCUT2D eigenvalue weighted by Gasteiger charge is 2.71. The molecule has 1 aliphatic heterocycles. The molecule has 1 amide bonds. The van der Waals surface area contributed by atoms with Crippen LogP contribution < -0.4 is 0 Å². The zero-order chi connectivity index (χ0) is 47.5. The summed E-state index contributed by atoms with van der Waals surface area (Å²) in [5.41, 5.74) is 3.31. The molecule has 0 radical (unpaired) electrons. The van der Waals surface area contributed by atoms with Crippen molar-refractivity contribution in [3.63, 3.8) is 0 Å². The Bertz CT molecular complexity index is 2480. The number of ketones is 1. The van der Waals surface area contributed by atoms with E-state index in [1.807, 2.05) is 68.7 Å². The van der Waals surface area contributed by atoms with E-state index < -0.39 is 10.8 Å². The first kappa shape index (κ1) is 46.1. The highest BCUT2D eigenvalue weighted by Crippen LogP contribution is 2.77. The van der Waals surface area contributed by atoms with E-state index >= 15 is 4.79 Å². The first-order valence-corrected chi connectivity index (χ1v) is 25.7. The van der Waals surface area contributed by atoms with Crippen LogP contribution in [-0.4, -0.2) is 56.1 Å². The Balaban J connectivity index is 0.866. The fourth-order valence-electron chi connectivity index (χ4n) is 16.6. The lowest BCUT2D eigenvalue weighted by atomic mass is 9.33. The van der Waals surface area contributed by atoms with Gasteiger partial charge in [-0.3, -0.25) is 24.2 Å². The first-order valence-electron chi connectivity index (χ1n) is 25.7. The number of nitrogens with one attached hydrogen (secondary N) is 1. The van der Waals surface area contributed by atoms with E-state index in [0.717, 1.165) is 86.0 Å². The Morgan fingerprint density at radius 2 is 1.57 bits per heavy atom. The molecule has 1 aromatic carbocycles. The van der Waals surface area contributed by atoms with Gasteiger partial charge in [-0.25, -0.2) is 4.98 Å². The number of esters is 2. The summed E-state index contributed by atoms with van der Waals surface area (Å²) in [7, 11) is 0. The van der Waals surface area contributed by atoms with Crippen LogP contribution in [0, 0.1) is 68.0 Å². The minimum atomic E-state index is -0.812. The SMILES string of the molecule is CC(C)C1=C2[C@H]3CC[C@@H]4[C@@]5(C)CC[C@H](OC(=O)[C@H]6C[C@@H](C(=O)OCc7ccccc7)C6(C)C)C(C)(C)[C@@H]5CC[C@@]4(C)[C@]3(C)CC[C@@]2(C(=O)N2CCC[C@H]2c2ncc(-c3cccnc3)[nH]2)CC1=O. The van der Waals surface area contributed by atoms with E-state index in [2.05, 4.69) is 63.3 Å². The summed E-state index contributed by atoms with van der Waals surface area (Å²) in [5, 5.41) is 0. The average molecular weight is 911 g/mol. The lowest BCUT2D eigenvalue weighted by Crippen LogP contribution is -2.66. The van der Waals surface area contributed by atoms with Crippen LogP contribution in [0.2, 0.25) is 0 Å². The summed E-state index contributed by atoms with van der Waals surface area (Å²) in [6.07, 6.45) is 15.3. The maximum atomic E-state index is 15.6. The molecule has 6 fully saturated rings. The van der Waals surface area contributed by atoms with Gasteiger partial charge >= 0.3 is 11.9 Å². The summed E-state index contributed by atoms with van der Waals surface area (Å²) >= 11 is 0. The van der Waals surface area contributed by atoms with Crippen LogP contribution in [0.5, 0.6) is 0 Å². The molecule has 1 saturated heterocycles.